The molecule has 0 unspecified atom stereocenters. The first-order chi connectivity index (χ1) is 21.5. The second kappa shape index (κ2) is 13.0. The van der Waals surface area contributed by atoms with E-state index >= 15 is 0 Å². The highest BCUT2D eigenvalue weighted by atomic mass is 16.5. The van der Waals surface area contributed by atoms with Crippen LogP contribution in [0.5, 0.6) is 5.75 Å². The number of ether oxygens (including phenoxy) is 1. The summed E-state index contributed by atoms with van der Waals surface area (Å²) in [5, 5.41) is 2.37. The minimum Gasteiger partial charge on any atom is -0.423 e. The molecule has 3 heteroatoms. The Morgan fingerprint density at radius 3 is 2.02 bits per heavy atom. The van der Waals surface area contributed by atoms with Crippen molar-refractivity contribution < 1.29 is 9.53 Å². The number of carbonyl (C=O) groups excluding carboxylic acids is 1. The van der Waals surface area contributed by atoms with Crippen molar-refractivity contribution in [3.8, 4) is 16.9 Å². The van der Waals surface area contributed by atoms with Crippen molar-refractivity contribution in [3.63, 3.8) is 0 Å². The molecule has 218 valence electrons. The first-order valence-electron chi connectivity index (χ1n) is 15.4. The molecule has 0 heterocycles. The predicted octanol–water partition coefficient (Wildman–Crippen LogP) is 11.3. The monoisotopic (exact) mass is 575 g/mol. The van der Waals surface area contributed by atoms with Crippen molar-refractivity contribution in [1.29, 1.82) is 0 Å². The Labute approximate surface area is 260 Å². The Bertz CT molecular complexity index is 1870. The van der Waals surface area contributed by atoms with Gasteiger partial charge in [-0.15, -0.1) is 0 Å². The summed E-state index contributed by atoms with van der Waals surface area (Å²) in [6.07, 6.45) is 2.12. The Kier molecular flexibility index (Phi) is 8.56. The van der Waals surface area contributed by atoms with Gasteiger partial charge < -0.3 is 9.64 Å². The van der Waals surface area contributed by atoms with Crippen LogP contribution in [-0.2, 0) is 6.42 Å². The molecule has 0 spiro atoms. The van der Waals surface area contributed by atoms with E-state index in [4.69, 9.17) is 4.74 Å². The standard InChI is InChI=1S/C41H37NO2/c1-4-10-31-15-16-34(29(2)3)28-40(31)32-20-25-39(26-21-32)44-41(43)33-18-22-37(23-19-33)42(36-13-6-5-7-14-36)38-24-17-30-11-8-9-12-35(30)27-38/h5-9,11-29H,4,10H2,1-3H3. The summed E-state index contributed by atoms with van der Waals surface area (Å²) >= 11 is 0. The molecule has 6 rings (SSSR count). The number of hydrogen-bond donors (Lipinski definition) is 0. The van der Waals surface area contributed by atoms with Crippen LogP contribution in [0.2, 0.25) is 0 Å². The molecule has 0 amide bonds. The molecule has 0 aromatic heterocycles. The van der Waals surface area contributed by atoms with Gasteiger partial charge in [0.25, 0.3) is 0 Å². The average molecular weight is 576 g/mol. The molecule has 0 aliphatic heterocycles. The number of esters is 1. The van der Waals surface area contributed by atoms with Gasteiger partial charge in [0, 0.05) is 17.1 Å². The van der Waals surface area contributed by atoms with Crippen LogP contribution in [-0.4, -0.2) is 5.97 Å². The lowest BCUT2D eigenvalue weighted by molar-refractivity contribution is 0.0735. The van der Waals surface area contributed by atoms with Gasteiger partial charge in [0.1, 0.15) is 5.75 Å². The predicted molar refractivity (Wildman–Crippen MR) is 184 cm³/mol. The molecule has 0 N–H and O–H groups in total. The smallest absolute Gasteiger partial charge is 0.343 e. The minimum atomic E-state index is -0.380. The molecular weight excluding hydrogens is 538 g/mol. The molecule has 0 aliphatic carbocycles. The van der Waals surface area contributed by atoms with Gasteiger partial charge >= 0.3 is 5.97 Å². The molecule has 0 saturated heterocycles. The number of carbonyl (C=O) groups is 1. The molecule has 0 radical (unpaired) electrons. The molecule has 0 bridgehead atoms. The summed E-state index contributed by atoms with van der Waals surface area (Å²) in [5.41, 5.74) is 8.60. The highest BCUT2D eigenvalue weighted by Crippen LogP contribution is 2.36. The summed E-state index contributed by atoms with van der Waals surface area (Å²) in [7, 11) is 0. The van der Waals surface area contributed by atoms with Crippen molar-refractivity contribution in [2.24, 2.45) is 0 Å². The molecule has 0 atom stereocenters. The number of hydrogen-bond acceptors (Lipinski definition) is 3. The summed E-state index contributed by atoms with van der Waals surface area (Å²) in [4.78, 5) is 15.4. The van der Waals surface area contributed by atoms with E-state index in [9.17, 15) is 4.79 Å². The molecule has 6 aromatic rings. The Morgan fingerprint density at radius 1 is 0.659 bits per heavy atom. The van der Waals surface area contributed by atoms with Gasteiger partial charge in [-0.2, -0.15) is 0 Å². The lowest BCUT2D eigenvalue weighted by Crippen LogP contribution is -2.11. The zero-order chi connectivity index (χ0) is 30.5. The van der Waals surface area contributed by atoms with Crippen LogP contribution in [0.1, 0.15) is 54.6 Å². The summed E-state index contributed by atoms with van der Waals surface area (Å²) in [6, 6.07) is 47.3. The SMILES string of the molecule is CCCc1ccc(C(C)C)cc1-c1ccc(OC(=O)c2ccc(N(c3ccccc3)c3ccc4ccccc4c3)cc2)cc1. The van der Waals surface area contributed by atoms with Crippen LogP contribution in [0.4, 0.5) is 17.1 Å². The summed E-state index contributed by atoms with van der Waals surface area (Å²) in [5.74, 6) is 0.611. The van der Waals surface area contributed by atoms with E-state index in [1.54, 1.807) is 0 Å². The van der Waals surface area contributed by atoms with E-state index in [0.29, 0.717) is 17.2 Å². The van der Waals surface area contributed by atoms with E-state index in [2.05, 4.69) is 98.5 Å². The third-order valence-corrected chi connectivity index (χ3v) is 8.06. The largest absolute Gasteiger partial charge is 0.423 e. The molecular formula is C41H37NO2. The van der Waals surface area contributed by atoms with Crippen molar-refractivity contribution >= 4 is 33.8 Å². The molecule has 0 aliphatic rings. The fourth-order valence-corrected chi connectivity index (χ4v) is 5.66. The number of anilines is 3. The topological polar surface area (TPSA) is 29.5 Å². The normalized spacial score (nSPS) is 11.1. The molecule has 44 heavy (non-hydrogen) atoms. The van der Waals surface area contributed by atoms with Crippen molar-refractivity contribution in [1.82, 2.24) is 0 Å². The van der Waals surface area contributed by atoms with E-state index in [-0.39, 0.29) is 5.97 Å². The maximum Gasteiger partial charge on any atom is 0.343 e. The zero-order valence-electron chi connectivity index (χ0n) is 25.5. The van der Waals surface area contributed by atoms with Crippen LogP contribution in [0.25, 0.3) is 21.9 Å². The van der Waals surface area contributed by atoms with Crippen LogP contribution in [0.15, 0.2) is 140 Å². The highest BCUT2D eigenvalue weighted by molar-refractivity contribution is 5.93. The van der Waals surface area contributed by atoms with E-state index in [0.717, 1.165) is 35.5 Å². The number of fused-ring (bicyclic) bond motifs is 1. The third-order valence-electron chi connectivity index (χ3n) is 8.06. The number of benzene rings is 6. The van der Waals surface area contributed by atoms with Crippen molar-refractivity contribution in [2.45, 2.75) is 39.5 Å². The van der Waals surface area contributed by atoms with Gasteiger partial charge in [-0.1, -0.05) is 106 Å². The van der Waals surface area contributed by atoms with E-state index in [1.165, 1.54) is 27.5 Å². The number of aryl methyl sites for hydroxylation is 1. The maximum atomic E-state index is 13.2. The fourth-order valence-electron chi connectivity index (χ4n) is 5.66. The van der Waals surface area contributed by atoms with Crippen LogP contribution in [0.3, 0.4) is 0 Å². The maximum absolute atomic E-state index is 13.2. The van der Waals surface area contributed by atoms with Gasteiger partial charge in [0.2, 0.25) is 0 Å². The molecule has 3 nitrogen and oxygen atoms in total. The van der Waals surface area contributed by atoms with E-state index < -0.39 is 0 Å². The Hall–Kier alpha value is -5.15. The number of nitrogens with zero attached hydrogens (tertiary/aromatic N) is 1. The lowest BCUT2D eigenvalue weighted by atomic mass is 9.91. The van der Waals surface area contributed by atoms with Gasteiger partial charge in [-0.3, -0.25) is 0 Å². The van der Waals surface area contributed by atoms with Crippen LogP contribution in [0, 0.1) is 0 Å². The first kappa shape index (κ1) is 28.9. The average Bonchev–Trinajstić information content (AvgIpc) is 3.06. The first-order valence-corrected chi connectivity index (χ1v) is 15.4. The zero-order valence-corrected chi connectivity index (χ0v) is 25.5. The number of para-hydroxylation sites is 1. The van der Waals surface area contributed by atoms with Gasteiger partial charge in [-0.05, 0) is 106 Å². The Morgan fingerprint density at radius 2 is 1.32 bits per heavy atom. The number of rotatable bonds is 9. The third kappa shape index (κ3) is 6.28. The second-order valence-electron chi connectivity index (χ2n) is 11.5. The second-order valence-corrected chi connectivity index (χ2v) is 11.5. The quantitative estimate of drug-likeness (QED) is 0.127. The lowest BCUT2D eigenvalue weighted by Gasteiger charge is -2.26. The highest BCUT2D eigenvalue weighted by Gasteiger charge is 2.15. The van der Waals surface area contributed by atoms with Gasteiger partial charge in [-0.25, -0.2) is 4.79 Å². The van der Waals surface area contributed by atoms with Gasteiger partial charge in [0.05, 0.1) is 5.56 Å². The van der Waals surface area contributed by atoms with Crippen LogP contribution >= 0.6 is 0 Å². The molecule has 0 fully saturated rings. The summed E-state index contributed by atoms with van der Waals surface area (Å²) in [6.45, 7) is 6.64. The minimum absolute atomic E-state index is 0.380. The van der Waals surface area contributed by atoms with E-state index in [1.807, 2.05) is 66.7 Å². The van der Waals surface area contributed by atoms with Crippen LogP contribution < -0.4 is 9.64 Å². The molecule has 0 saturated carbocycles. The Balaban J connectivity index is 1.23. The van der Waals surface area contributed by atoms with Crippen molar-refractivity contribution in [2.75, 3.05) is 4.90 Å². The van der Waals surface area contributed by atoms with Crippen molar-refractivity contribution in [3.05, 3.63) is 156 Å². The summed E-state index contributed by atoms with van der Waals surface area (Å²) < 4.78 is 5.80. The van der Waals surface area contributed by atoms with Gasteiger partial charge in [0.15, 0.2) is 0 Å². The molecule has 6 aromatic carbocycles. The fraction of sp³-hybridized carbons (Fsp3) is 0.146.